The largest absolute Gasteiger partial charge is 0.481 e. The van der Waals surface area contributed by atoms with Gasteiger partial charge in [0.25, 0.3) is 0 Å². The Bertz CT molecular complexity index is 509. The molecule has 0 saturated heterocycles. The van der Waals surface area contributed by atoms with Gasteiger partial charge >= 0.3 is 12.0 Å². The van der Waals surface area contributed by atoms with Crippen LogP contribution in [0.3, 0.4) is 0 Å². The van der Waals surface area contributed by atoms with Crippen molar-refractivity contribution in [3.8, 4) is 0 Å². The van der Waals surface area contributed by atoms with Crippen molar-refractivity contribution in [2.75, 3.05) is 11.9 Å². The summed E-state index contributed by atoms with van der Waals surface area (Å²) in [6.07, 6.45) is 1.21. The lowest BCUT2D eigenvalue weighted by atomic mass is 10.0. The number of carboxylic acids is 1. The molecule has 0 heterocycles. The fourth-order valence-electron chi connectivity index (χ4n) is 1.71. The molecule has 0 aliphatic rings. The summed E-state index contributed by atoms with van der Waals surface area (Å²) in [7, 11) is 0. The SMILES string of the molecule is CC(CCNC(=O)Nc1cccc(F)c1F)CCC(=O)O. The van der Waals surface area contributed by atoms with Gasteiger partial charge in [0.2, 0.25) is 0 Å². The average molecular weight is 300 g/mol. The molecule has 0 aliphatic carbocycles. The molecule has 21 heavy (non-hydrogen) atoms. The van der Waals surface area contributed by atoms with Crippen LogP contribution in [-0.2, 0) is 4.79 Å². The zero-order valence-electron chi connectivity index (χ0n) is 11.7. The maximum absolute atomic E-state index is 13.3. The predicted molar refractivity (Wildman–Crippen MR) is 74.0 cm³/mol. The molecule has 1 atom stereocenters. The van der Waals surface area contributed by atoms with Crippen molar-refractivity contribution >= 4 is 17.7 Å². The number of carbonyl (C=O) groups excluding carboxylic acids is 1. The van der Waals surface area contributed by atoms with Crippen molar-refractivity contribution in [3.05, 3.63) is 29.8 Å². The minimum Gasteiger partial charge on any atom is -0.481 e. The van der Waals surface area contributed by atoms with Crippen molar-refractivity contribution in [2.45, 2.75) is 26.2 Å². The second-order valence-corrected chi connectivity index (χ2v) is 4.81. The van der Waals surface area contributed by atoms with Crippen LogP contribution < -0.4 is 10.6 Å². The number of nitrogens with one attached hydrogen (secondary N) is 2. The number of amides is 2. The van der Waals surface area contributed by atoms with Crippen molar-refractivity contribution < 1.29 is 23.5 Å². The topological polar surface area (TPSA) is 78.4 Å². The fourth-order valence-corrected chi connectivity index (χ4v) is 1.71. The van der Waals surface area contributed by atoms with Gasteiger partial charge in [-0.2, -0.15) is 0 Å². The number of anilines is 1. The highest BCUT2D eigenvalue weighted by molar-refractivity contribution is 5.89. The second-order valence-electron chi connectivity index (χ2n) is 4.81. The van der Waals surface area contributed by atoms with E-state index in [0.29, 0.717) is 19.4 Å². The van der Waals surface area contributed by atoms with Crippen LogP contribution in [0.15, 0.2) is 18.2 Å². The normalized spacial score (nSPS) is 11.8. The Kier molecular flexibility index (Phi) is 6.58. The lowest BCUT2D eigenvalue weighted by molar-refractivity contribution is -0.137. The van der Waals surface area contributed by atoms with E-state index in [1.165, 1.54) is 12.1 Å². The highest BCUT2D eigenvalue weighted by Crippen LogP contribution is 2.16. The fraction of sp³-hybridized carbons (Fsp3) is 0.429. The Balaban J connectivity index is 2.31. The van der Waals surface area contributed by atoms with Crippen LogP contribution in [0, 0.1) is 17.6 Å². The van der Waals surface area contributed by atoms with E-state index in [4.69, 9.17) is 5.11 Å². The smallest absolute Gasteiger partial charge is 0.319 e. The van der Waals surface area contributed by atoms with Gasteiger partial charge in [-0.3, -0.25) is 4.79 Å². The summed E-state index contributed by atoms with van der Waals surface area (Å²) in [5, 5.41) is 13.3. The van der Waals surface area contributed by atoms with E-state index in [2.05, 4.69) is 10.6 Å². The van der Waals surface area contributed by atoms with E-state index in [1.54, 1.807) is 0 Å². The van der Waals surface area contributed by atoms with Crippen molar-refractivity contribution in [1.29, 1.82) is 0 Å². The number of aliphatic carboxylic acids is 1. The average Bonchev–Trinajstić information content (AvgIpc) is 2.41. The van der Waals surface area contributed by atoms with Gasteiger partial charge in [0, 0.05) is 13.0 Å². The molecular formula is C14H18F2N2O3. The van der Waals surface area contributed by atoms with Crippen molar-refractivity contribution in [3.63, 3.8) is 0 Å². The lowest BCUT2D eigenvalue weighted by Gasteiger charge is -2.12. The van der Waals surface area contributed by atoms with E-state index in [0.717, 1.165) is 6.07 Å². The van der Waals surface area contributed by atoms with Crippen molar-refractivity contribution in [2.24, 2.45) is 5.92 Å². The van der Waals surface area contributed by atoms with E-state index in [-0.39, 0.29) is 18.0 Å². The van der Waals surface area contributed by atoms with Gasteiger partial charge < -0.3 is 15.7 Å². The molecule has 1 aromatic rings. The zero-order valence-corrected chi connectivity index (χ0v) is 11.7. The summed E-state index contributed by atoms with van der Waals surface area (Å²) < 4.78 is 26.3. The number of hydrogen-bond donors (Lipinski definition) is 3. The van der Waals surface area contributed by atoms with E-state index in [1.807, 2.05) is 6.92 Å². The Morgan fingerprint density at radius 1 is 1.29 bits per heavy atom. The predicted octanol–water partition coefficient (Wildman–Crippen LogP) is 2.98. The summed E-state index contributed by atoms with van der Waals surface area (Å²) >= 11 is 0. The molecule has 3 N–H and O–H groups in total. The minimum absolute atomic E-state index is 0.0852. The number of benzene rings is 1. The molecule has 0 bridgehead atoms. The number of carbonyl (C=O) groups is 2. The summed E-state index contributed by atoms with van der Waals surface area (Å²) in [4.78, 5) is 21.9. The molecule has 0 fully saturated rings. The first kappa shape index (κ1) is 16.9. The molecule has 0 saturated carbocycles. The molecule has 116 valence electrons. The molecule has 1 unspecified atom stereocenters. The molecular weight excluding hydrogens is 282 g/mol. The van der Waals surface area contributed by atoms with E-state index < -0.39 is 23.6 Å². The first-order valence-corrected chi connectivity index (χ1v) is 6.60. The molecule has 7 heteroatoms. The standard InChI is InChI=1S/C14H18F2N2O3/c1-9(5-6-12(19)20)7-8-17-14(21)18-11-4-2-3-10(15)13(11)16/h2-4,9H,5-8H2,1H3,(H,19,20)(H2,17,18,21). The van der Waals surface area contributed by atoms with Gasteiger partial charge in [0.05, 0.1) is 5.69 Å². The minimum atomic E-state index is -1.11. The monoisotopic (exact) mass is 300 g/mol. The third-order valence-corrected chi connectivity index (χ3v) is 2.97. The highest BCUT2D eigenvalue weighted by Gasteiger charge is 2.11. The summed E-state index contributed by atoms with van der Waals surface area (Å²) in [6.45, 7) is 2.21. The first-order valence-electron chi connectivity index (χ1n) is 6.60. The first-order chi connectivity index (χ1) is 9.90. The molecule has 0 aliphatic heterocycles. The lowest BCUT2D eigenvalue weighted by Crippen LogP contribution is -2.30. The Labute approximate surface area is 121 Å². The molecule has 1 rings (SSSR count). The summed E-state index contributed by atoms with van der Waals surface area (Å²) in [5.41, 5.74) is -0.230. The molecule has 0 spiro atoms. The number of carboxylic acid groups (broad SMARTS) is 1. The maximum Gasteiger partial charge on any atom is 0.319 e. The Hall–Kier alpha value is -2.18. The summed E-state index contributed by atoms with van der Waals surface area (Å²) in [5.74, 6) is -2.85. The van der Waals surface area contributed by atoms with Crippen LogP contribution in [-0.4, -0.2) is 23.7 Å². The zero-order chi connectivity index (χ0) is 15.8. The van der Waals surface area contributed by atoms with Gasteiger partial charge in [-0.25, -0.2) is 13.6 Å². The number of hydrogen-bond acceptors (Lipinski definition) is 2. The summed E-state index contributed by atoms with van der Waals surface area (Å²) in [6, 6.07) is 2.88. The van der Waals surface area contributed by atoms with E-state index in [9.17, 15) is 18.4 Å². The number of halogens is 2. The third-order valence-electron chi connectivity index (χ3n) is 2.97. The van der Waals surface area contributed by atoms with Gasteiger partial charge in [-0.1, -0.05) is 13.0 Å². The molecule has 1 aromatic carbocycles. The maximum atomic E-state index is 13.3. The number of urea groups is 1. The third kappa shape index (κ3) is 6.20. The van der Waals surface area contributed by atoms with Gasteiger partial charge in [0.15, 0.2) is 11.6 Å². The quantitative estimate of drug-likeness (QED) is 0.724. The van der Waals surface area contributed by atoms with Crippen LogP contribution in [0.5, 0.6) is 0 Å². The van der Waals surface area contributed by atoms with Gasteiger partial charge in [-0.05, 0) is 30.9 Å². The van der Waals surface area contributed by atoms with Crippen LogP contribution in [0.4, 0.5) is 19.3 Å². The number of rotatable bonds is 7. The second kappa shape index (κ2) is 8.18. The molecule has 0 aromatic heterocycles. The molecule has 2 amide bonds. The van der Waals surface area contributed by atoms with Crippen LogP contribution in [0.1, 0.15) is 26.2 Å². The molecule has 5 nitrogen and oxygen atoms in total. The Morgan fingerprint density at radius 3 is 2.67 bits per heavy atom. The van der Waals surface area contributed by atoms with Crippen LogP contribution in [0.25, 0.3) is 0 Å². The highest BCUT2D eigenvalue weighted by atomic mass is 19.2. The van der Waals surface area contributed by atoms with Crippen LogP contribution in [0.2, 0.25) is 0 Å². The van der Waals surface area contributed by atoms with E-state index >= 15 is 0 Å². The molecule has 0 radical (unpaired) electrons. The van der Waals surface area contributed by atoms with Crippen molar-refractivity contribution in [1.82, 2.24) is 5.32 Å². The van der Waals surface area contributed by atoms with Gasteiger partial charge in [0.1, 0.15) is 0 Å². The van der Waals surface area contributed by atoms with Crippen LogP contribution >= 0.6 is 0 Å². The Morgan fingerprint density at radius 2 is 2.00 bits per heavy atom. The van der Waals surface area contributed by atoms with Gasteiger partial charge in [-0.15, -0.1) is 0 Å².